The second kappa shape index (κ2) is 5.82. The highest BCUT2D eigenvalue weighted by Gasteiger charge is 2.27. The number of aromatic amines is 1. The van der Waals surface area contributed by atoms with Crippen LogP contribution in [0.25, 0.3) is 0 Å². The Bertz CT molecular complexity index is 629. The lowest BCUT2D eigenvalue weighted by molar-refractivity contribution is 0.415. The summed E-state index contributed by atoms with van der Waals surface area (Å²) in [5.74, 6) is 3.29. The lowest BCUT2D eigenvalue weighted by Gasteiger charge is -2.06. The van der Waals surface area contributed by atoms with Crippen molar-refractivity contribution in [3.05, 3.63) is 35.9 Å². The van der Waals surface area contributed by atoms with E-state index in [1.54, 1.807) is 7.11 Å². The molecule has 0 aliphatic heterocycles. The number of nitrogens with zero attached hydrogens (tertiary/aromatic N) is 3. The minimum Gasteiger partial charge on any atom is -0.497 e. The van der Waals surface area contributed by atoms with E-state index in [9.17, 15) is 0 Å². The number of H-pyrrole nitrogens is 1. The van der Waals surface area contributed by atoms with Crippen molar-refractivity contribution in [2.45, 2.75) is 25.3 Å². The highest BCUT2D eigenvalue weighted by Crippen LogP contribution is 2.37. The van der Waals surface area contributed by atoms with Gasteiger partial charge < -0.3 is 15.8 Å². The van der Waals surface area contributed by atoms with E-state index in [1.807, 2.05) is 24.3 Å². The smallest absolute Gasteiger partial charge is 0.193 e. The Kier molecular flexibility index (Phi) is 3.72. The van der Waals surface area contributed by atoms with Crippen molar-refractivity contribution in [3.63, 3.8) is 0 Å². The van der Waals surface area contributed by atoms with Crippen LogP contribution in [0.15, 0.2) is 29.3 Å². The molecule has 2 aromatic rings. The van der Waals surface area contributed by atoms with E-state index in [0.29, 0.717) is 18.4 Å². The zero-order valence-corrected chi connectivity index (χ0v) is 11.8. The number of methoxy groups -OCH3 is 1. The molecule has 110 valence electrons. The molecule has 7 nitrogen and oxygen atoms in total. The Balaban J connectivity index is 1.56. The van der Waals surface area contributed by atoms with Gasteiger partial charge in [-0.1, -0.05) is 0 Å². The van der Waals surface area contributed by atoms with Gasteiger partial charge in [0.1, 0.15) is 18.1 Å². The Morgan fingerprint density at radius 2 is 2.19 bits per heavy atom. The molecule has 0 unspecified atom stereocenters. The normalized spacial score (nSPS) is 15.0. The van der Waals surface area contributed by atoms with Crippen LogP contribution in [0.5, 0.6) is 5.75 Å². The van der Waals surface area contributed by atoms with Crippen LogP contribution in [0.4, 0.5) is 5.69 Å². The molecule has 1 heterocycles. The Hall–Kier alpha value is -2.57. The van der Waals surface area contributed by atoms with Gasteiger partial charge in [-0.05, 0) is 37.1 Å². The Morgan fingerprint density at radius 3 is 2.86 bits per heavy atom. The van der Waals surface area contributed by atoms with Gasteiger partial charge in [-0.15, -0.1) is 0 Å². The van der Waals surface area contributed by atoms with E-state index in [0.717, 1.165) is 23.1 Å². The number of guanidine groups is 1. The topological polar surface area (TPSA) is 101 Å². The number of anilines is 1. The lowest BCUT2D eigenvalue weighted by atomic mass is 10.3. The lowest BCUT2D eigenvalue weighted by Crippen LogP contribution is -2.22. The molecule has 0 bridgehead atoms. The Morgan fingerprint density at radius 1 is 1.43 bits per heavy atom. The highest BCUT2D eigenvalue weighted by molar-refractivity contribution is 5.92. The largest absolute Gasteiger partial charge is 0.497 e. The number of ether oxygens (including phenoxy) is 1. The summed E-state index contributed by atoms with van der Waals surface area (Å²) < 4.78 is 5.10. The monoisotopic (exact) mass is 286 g/mol. The summed E-state index contributed by atoms with van der Waals surface area (Å²) in [6, 6.07) is 7.46. The number of hydrogen-bond donors (Lipinski definition) is 3. The van der Waals surface area contributed by atoms with E-state index >= 15 is 0 Å². The van der Waals surface area contributed by atoms with Gasteiger partial charge in [0, 0.05) is 11.6 Å². The summed E-state index contributed by atoms with van der Waals surface area (Å²) in [4.78, 5) is 8.64. The molecule has 4 N–H and O–H groups in total. The van der Waals surface area contributed by atoms with E-state index in [-0.39, 0.29) is 0 Å². The quantitative estimate of drug-likeness (QED) is 0.572. The van der Waals surface area contributed by atoms with Crippen molar-refractivity contribution >= 4 is 11.6 Å². The third-order valence-electron chi connectivity index (χ3n) is 3.25. The van der Waals surface area contributed by atoms with Gasteiger partial charge in [0.25, 0.3) is 0 Å². The zero-order chi connectivity index (χ0) is 14.7. The standard InChI is InChI=1S/C14H18N6O/c1-21-11-6-4-10(5-7-11)17-14(15)16-8-12-18-13(20-19-12)9-2-3-9/h4-7,9H,2-3,8H2,1H3,(H3,15,16,17)(H,18,19,20). The molecule has 7 heteroatoms. The summed E-state index contributed by atoms with van der Waals surface area (Å²) in [6.07, 6.45) is 2.36. The predicted octanol–water partition coefficient (Wildman–Crippen LogP) is 1.62. The van der Waals surface area contributed by atoms with E-state index in [4.69, 9.17) is 10.5 Å². The molecule has 1 aliphatic rings. The summed E-state index contributed by atoms with van der Waals surface area (Å²) in [5.41, 5.74) is 6.70. The summed E-state index contributed by atoms with van der Waals surface area (Å²) in [5, 5.41) is 10.1. The highest BCUT2D eigenvalue weighted by atomic mass is 16.5. The molecule has 0 amide bonds. The summed E-state index contributed by atoms with van der Waals surface area (Å²) >= 11 is 0. The number of nitrogens with one attached hydrogen (secondary N) is 2. The maximum Gasteiger partial charge on any atom is 0.193 e. The van der Waals surface area contributed by atoms with Crippen LogP contribution < -0.4 is 15.8 Å². The maximum atomic E-state index is 5.85. The summed E-state index contributed by atoms with van der Waals surface area (Å²) in [7, 11) is 1.63. The Labute approximate surface area is 122 Å². The number of nitrogens with two attached hydrogens (primary N) is 1. The van der Waals surface area contributed by atoms with E-state index in [1.165, 1.54) is 12.8 Å². The molecule has 1 aromatic heterocycles. The van der Waals surface area contributed by atoms with Crippen LogP contribution in [0.2, 0.25) is 0 Å². The molecule has 21 heavy (non-hydrogen) atoms. The second-order valence-electron chi connectivity index (χ2n) is 4.97. The minimum atomic E-state index is 0.338. The summed E-state index contributed by atoms with van der Waals surface area (Å²) in [6.45, 7) is 0.384. The second-order valence-corrected chi connectivity index (χ2v) is 4.97. The van der Waals surface area contributed by atoms with Gasteiger partial charge in [-0.25, -0.2) is 9.98 Å². The third-order valence-corrected chi connectivity index (χ3v) is 3.25. The fourth-order valence-electron chi connectivity index (χ4n) is 1.93. The van der Waals surface area contributed by atoms with Crippen LogP contribution in [-0.2, 0) is 6.54 Å². The van der Waals surface area contributed by atoms with Crippen LogP contribution in [0.3, 0.4) is 0 Å². The van der Waals surface area contributed by atoms with Crippen LogP contribution >= 0.6 is 0 Å². The van der Waals surface area contributed by atoms with Gasteiger partial charge >= 0.3 is 0 Å². The maximum absolute atomic E-state index is 5.85. The van der Waals surface area contributed by atoms with Gasteiger partial charge in [0.05, 0.1) is 7.11 Å². The van der Waals surface area contributed by atoms with Gasteiger partial charge in [0.15, 0.2) is 11.8 Å². The number of benzene rings is 1. The number of rotatable bonds is 5. The number of hydrogen-bond acceptors (Lipinski definition) is 4. The van der Waals surface area contributed by atoms with Crippen LogP contribution in [0.1, 0.15) is 30.4 Å². The van der Waals surface area contributed by atoms with Crippen molar-refractivity contribution in [1.29, 1.82) is 0 Å². The van der Waals surface area contributed by atoms with Gasteiger partial charge in [-0.2, -0.15) is 5.10 Å². The molecule has 1 fully saturated rings. The van der Waals surface area contributed by atoms with Crippen molar-refractivity contribution in [1.82, 2.24) is 15.2 Å². The molecule has 0 saturated heterocycles. The van der Waals surface area contributed by atoms with Crippen LogP contribution in [0, 0.1) is 0 Å². The van der Waals surface area contributed by atoms with Gasteiger partial charge in [0.2, 0.25) is 0 Å². The van der Waals surface area contributed by atoms with Crippen molar-refractivity contribution in [2.75, 3.05) is 12.4 Å². The molecule has 3 rings (SSSR count). The molecular weight excluding hydrogens is 268 g/mol. The fraction of sp³-hybridized carbons (Fsp3) is 0.357. The minimum absolute atomic E-state index is 0.338. The first-order valence-corrected chi connectivity index (χ1v) is 6.87. The first-order chi connectivity index (χ1) is 10.2. The SMILES string of the molecule is COc1ccc(NC(N)=NCc2nc(C3CC3)n[nH]2)cc1. The fourth-order valence-corrected chi connectivity index (χ4v) is 1.93. The van der Waals surface area contributed by atoms with Gasteiger partial charge in [-0.3, -0.25) is 5.10 Å². The molecule has 1 aromatic carbocycles. The molecule has 0 atom stereocenters. The zero-order valence-electron chi connectivity index (χ0n) is 11.8. The predicted molar refractivity (Wildman–Crippen MR) is 80.3 cm³/mol. The van der Waals surface area contributed by atoms with Crippen LogP contribution in [-0.4, -0.2) is 28.3 Å². The molecule has 1 saturated carbocycles. The first-order valence-electron chi connectivity index (χ1n) is 6.87. The van der Waals surface area contributed by atoms with Crippen molar-refractivity contribution < 1.29 is 4.74 Å². The van der Waals surface area contributed by atoms with Crippen molar-refractivity contribution in [2.24, 2.45) is 10.7 Å². The molecule has 0 spiro atoms. The number of aromatic nitrogens is 3. The first kappa shape index (κ1) is 13.4. The van der Waals surface area contributed by atoms with E-state index < -0.39 is 0 Å². The molecule has 0 radical (unpaired) electrons. The van der Waals surface area contributed by atoms with E-state index in [2.05, 4.69) is 25.5 Å². The van der Waals surface area contributed by atoms with Crippen molar-refractivity contribution in [3.8, 4) is 5.75 Å². The molecular formula is C14H18N6O. The number of aliphatic imine (C=N–C) groups is 1. The molecule has 1 aliphatic carbocycles. The average molecular weight is 286 g/mol. The third kappa shape index (κ3) is 3.50. The average Bonchev–Trinajstić information content (AvgIpc) is 3.25.